The van der Waals surface area contributed by atoms with Crippen molar-refractivity contribution in [3.05, 3.63) is 84.2 Å². The van der Waals surface area contributed by atoms with Gasteiger partial charge in [0.25, 0.3) is 5.91 Å². The van der Waals surface area contributed by atoms with Gasteiger partial charge in [-0.05, 0) is 30.5 Å². The summed E-state index contributed by atoms with van der Waals surface area (Å²) >= 11 is 0. The van der Waals surface area contributed by atoms with Crippen LogP contribution in [0.1, 0.15) is 28.8 Å². The third-order valence-corrected chi connectivity index (χ3v) is 4.77. The maximum Gasteiger partial charge on any atom is 0.256 e. The van der Waals surface area contributed by atoms with E-state index in [1.165, 1.54) is 5.56 Å². The number of anilines is 2. The highest BCUT2D eigenvalue weighted by molar-refractivity contribution is 5.93. The van der Waals surface area contributed by atoms with Crippen LogP contribution in [0.5, 0.6) is 0 Å². The zero-order valence-electron chi connectivity index (χ0n) is 15.2. The van der Waals surface area contributed by atoms with Gasteiger partial charge in [-0.1, -0.05) is 48.5 Å². The van der Waals surface area contributed by atoms with E-state index in [-0.39, 0.29) is 5.91 Å². The van der Waals surface area contributed by atoms with Crippen LogP contribution in [0.3, 0.4) is 0 Å². The van der Waals surface area contributed by atoms with Gasteiger partial charge in [0.15, 0.2) is 0 Å². The van der Waals surface area contributed by atoms with Crippen LogP contribution in [-0.2, 0) is 6.54 Å². The first-order valence-corrected chi connectivity index (χ1v) is 9.29. The van der Waals surface area contributed by atoms with E-state index in [1.54, 1.807) is 12.4 Å². The lowest BCUT2D eigenvalue weighted by atomic mass is 10.2. The van der Waals surface area contributed by atoms with Crippen molar-refractivity contribution in [3.8, 4) is 0 Å². The molecule has 1 fully saturated rings. The molecule has 0 atom stereocenters. The van der Waals surface area contributed by atoms with Gasteiger partial charge < -0.3 is 9.80 Å². The summed E-state index contributed by atoms with van der Waals surface area (Å²) in [4.78, 5) is 25.5. The van der Waals surface area contributed by atoms with Gasteiger partial charge in [0.2, 0.25) is 5.95 Å². The SMILES string of the molecule is O=C(c1cnc(N(Cc2ccccc2)c2ccccc2)nc1)N1CCCC1. The Morgan fingerprint density at radius 3 is 2.11 bits per heavy atom. The molecule has 27 heavy (non-hydrogen) atoms. The fraction of sp³-hybridized carbons (Fsp3) is 0.227. The number of carbonyl (C=O) groups is 1. The minimum Gasteiger partial charge on any atom is -0.339 e. The number of nitrogens with zero attached hydrogens (tertiary/aromatic N) is 4. The summed E-state index contributed by atoms with van der Waals surface area (Å²) in [5, 5.41) is 0. The number of carbonyl (C=O) groups excluding carboxylic acids is 1. The van der Waals surface area contributed by atoms with Crippen molar-refractivity contribution in [1.82, 2.24) is 14.9 Å². The van der Waals surface area contributed by atoms with Crippen molar-refractivity contribution in [3.63, 3.8) is 0 Å². The number of rotatable bonds is 5. The average molecular weight is 358 g/mol. The third-order valence-electron chi connectivity index (χ3n) is 4.77. The van der Waals surface area contributed by atoms with Crippen LogP contribution >= 0.6 is 0 Å². The number of amides is 1. The van der Waals surface area contributed by atoms with Gasteiger partial charge in [0.1, 0.15) is 0 Å². The summed E-state index contributed by atoms with van der Waals surface area (Å²) in [7, 11) is 0. The molecule has 3 aromatic rings. The van der Waals surface area contributed by atoms with Crippen molar-refractivity contribution in [2.75, 3.05) is 18.0 Å². The zero-order chi connectivity index (χ0) is 18.5. The van der Waals surface area contributed by atoms with E-state index >= 15 is 0 Å². The van der Waals surface area contributed by atoms with Crippen LogP contribution < -0.4 is 4.90 Å². The largest absolute Gasteiger partial charge is 0.339 e. The molecule has 5 heteroatoms. The molecule has 1 aliphatic rings. The van der Waals surface area contributed by atoms with Gasteiger partial charge >= 0.3 is 0 Å². The van der Waals surface area contributed by atoms with E-state index in [0.29, 0.717) is 18.1 Å². The van der Waals surface area contributed by atoms with Gasteiger partial charge in [-0.25, -0.2) is 9.97 Å². The van der Waals surface area contributed by atoms with E-state index in [0.717, 1.165) is 31.6 Å². The Morgan fingerprint density at radius 1 is 0.889 bits per heavy atom. The van der Waals surface area contributed by atoms with Gasteiger partial charge in [-0.2, -0.15) is 0 Å². The van der Waals surface area contributed by atoms with E-state index in [9.17, 15) is 4.79 Å². The van der Waals surface area contributed by atoms with E-state index < -0.39 is 0 Å². The number of aromatic nitrogens is 2. The molecule has 4 rings (SSSR count). The predicted octanol–water partition coefficient (Wildman–Crippen LogP) is 4.05. The van der Waals surface area contributed by atoms with Crippen LogP contribution in [-0.4, -0.2) is 33.9 Å². The molecule has 0 unspecified atom stereocenters. The van der Waals surface area contributed by atoms with Crippen molar-refractivity contribution in [2.45, 2.75) is 19.4 Å². The molecule has 0 saturated carbocycles. The highest BCUT2D eigenvalue weighted by atomic mass is 16.2. The molecular formula is C22H22N4O. The van der Waals surface area contributed by atoms with Crippen LogP contribution in [0.2, 0.25) is 0 Å². The second kappa shape index (κ2) is 7.99. The van der Waals surface area contributed by atoms with Crippen molar-refractivity contribution in [1.29, 1.82) is 0 Å². The normalized spacial score (nSPS) is 13.6. The maximum atomic E-state index is 12.5. The molecular weight excluding hydrogens is 336 g/mol. The molecule has 2 aromatic carbocycles. The molecule has 0 bridgehead atoms. The zero-order valence-corrected chi connectivity index (χ0v) is 15.2. The van der Waals surface area contributed by atoms with Gasteiger partial charge in [0, 0.05) is 31.2 Å². The Balaban J connectivity index is 1.60. The monoisotopic (exact) mass is 358 g/mol. The van der Waals surface area contributed by atoms with Crippen molar-refractivity contribution in [2.24, 2.45) is 0 Å². The summed E-state index contributed by atoms with van der Waals surface area (Å²) in [6.45, 7) is 2.31. The second-order valence-corrected chi connectivity index (χ2v) is 6.68. The Bertz CT molecular complexity index is 875. The predicted molar refractivity (Wildman–Crippen MR) is 106 cm³/mol. The first kappa shape index (κ1) is 17.2. The quantitative estimate of drug-likeness (QED) is 0.690. The molecule has 1 amide bonds. The highest BCUT2D eigenvalue weighted by Gasteiger charge is 2.21. The minimum absolute atomic E-state index is 0.0216. The summed E-state index contributed by atoms with van der Waals surface area (Å²) in [6.07, 6.45) is 5.43. The summed E-state index contributed by atoms with van der Waals surface area (Å²) < 4.78 is 0. The Morgan fingerprint density at radius 2 is 1.48 bits per heavy atom. The van der Waals surface area contributed by atoms with Crippen LogP contribution in [0.25, 0.3) is 0 Å². The van der Waals surface area contributed by atoms with Gasteiger partial charge in [-0.3, -0.25) is 4.79 Å². The molecule has 0 N–H and O–H groups in total. The molecule has 0 aliphatic carbocycles. The standard InChI is InChI=1S/C22H22N4O/c27-21(25-13-7-8-14-25)19-15-23-22(24-16-19)26(20-11-5-2-6-12-20)17-18-9-3-1-4-10-18/h1-6,9-12,15-16H,7-8,13-14,17H2. The fourth-order valence-electron chi connectivity index (χ4n) is 3.33. The summed E-state index contributed by atoms with van der Waals surface area (Å²) in [5.41, 5.74) is 2.73. The van der Waals surface area contributed by atoms with E-state index in [1.807, 2.05) is 53.4 Å². The van der Waals surface area contributed by atoms with Crippen LogP contribution in [0.15, 0.2) is 73.1 Å². The molecule has 1 aliphatic heterocycles. The Labute approximate surface area is 159 Å². The molecule has 2 heterocycles. The first-order valence-electron chi connectivity index (χ1n) is 9.29. The van der Waals surface area contributed by atoms with E-state index in [2.05, 4.69) is 27.0 Å². The number of hydrogen-bond donors (Lipinski definition) is 0. The topological polar surface area (TPSA) is 49.3 Å². The Hall–Kier alpha value is -3.21. The average Bonchev–Trinajstić information content (AvgIpc) is 3.28. The van der Waals surface area contributed by atoms with Crippen LogP contribution in [0, 0.1) is 0 Å². The number of likely N-dealkylation sites (tertiary alicyclic amines) is 1. The van der Waals surface area contributed by atoms with E-state index in [4.69, 9.17) is 0 Å². The fourth-order valence-corrected chi connectivity index (χ4v) is 3.33. The Kier molecular flexibility index (Phi) is 5.10. The molecule has 1 aromatic heterocycles. The number of benzene rings is 2. The maximum absolute atomic E-state index is 12.5. The lowest BCUT2D eigenvalue weighted by Gasteiger charge is -2.23. The molecule has 0 radical (unpaired) electrons. The van der Waals surface area contributed by atoms with Gasteiger partial charge in [0.05, 0.1) is 12.1 Å². The van der Waals surface area contributed by atoms with Crippen LogP contribution in [0.4, 0.5) is 11.6 Å². The lowest BCUT2D eigenvalue weighted by molar-refractivity contribution is 0.0792. The summed E-state index contributed by atoms with van der Waals surface area (Å²) in [6, 6.07) is 20.3. The third kappa shape index (κ3) is 3.97. The van der Waals surface area contributed by atoms with Crippen molar-refractivity contribution >= 4 is 17.5 Å². The molecule has 5 nitrogen and oxygen atoms in total. The highest BCUT2D eigenvalue weighted by Crippen LogP contribution is 2.24. The first-order chi connectivity index (χ1) is 13.3. The number of para-hydroxylation sites is 1. The minimum atomic E-state index is 0.0216. The number of hydrogen-bond acceptors (Lipinski definition) is 4. The van der Waals surface area contributed by atoms with Crippen molar-refractivity contribution < 1.29 is 4.79 Å². The second-order valence-electron chi connectivity index (χ2n) is 6.68. The smallest absolute Gasteiger partial charge is 0.256 e. The van der Waals surface area contributed by atoms with Gasteiger partial charge in [-0.15, -0.1) is 0 Å². The molecule has 1 saturated heterocycles. The molecule has 136 valence electrons. The molecule has 0 spiro atoms. The lowest BCUT2D eigenvalue weighted by Crippen LogP contribution is -2.28. The summed E-state index contributed by atoms with van der Waals surface area (Å²) in [5.74, 6) is 0.608.